The number of halogens is 3. The number of anilines is 1. The van der Waals surface area contributed by atoms with Crippen LogP contribution < -0.4 is 10.1 Å². The van der Waals surface area contributed by atoms with Crippen molar-refractivity contribution in [2.24, 2.45) is 10.2 Å². The van der Waals surface area contributed by atoms with E-state index in [2.05, 4.69) is 47.4 Å². The van der Waals surface area contributed by atoms with Crippen LogP contribution >= 0.6 is 55.2 Å². The summed E-state index contributed by atoms with van der Waals surface area (Å²) in [5, 5.41) is 22.2. The summed E-state index contributed by atoms with van der Waals surface area (Å²) in [6, 6.07) is 20.4. The lowest BCUT2D eigenvalue weighted by molar-refractivity contribution is -0.122. The molecule has 4 aromatic rings. The number of benzene rings is 3. The maximum atomic E-state index is 13.6. The van der Waals surface area contributed by atoms with Gasteiger partial charge in [0.15, 0.2) is 11.8 Å². The number of furan rings is 1. The quantitative estimate of drug-likeness (QED) is 0.103. The monoisotopic (exact) mass is 742 g/mol. The van der Waals surface area contributed by atoms with Gasteiger partial charge in [0.05, 0.1) is 23.9 Å². The molecule has 9 nitrogen and oxygen atoms in total. The molecular formula is C30H21Br2ClN4O5S. The highest BCUT2D eigenvalue weighted by Gasteiger charge is 2.34. The van der Waals surface area contributed by atoms with Crippen LogP contribution in [0, 0.1) is 0 Å². The molecule has 0 aliphatic carbocycles. The second kappa shape index (κ2) is 14.1. The highest BCUT2D eigenvalue weighted by Crippen LogP contribution is 2.36. The van der Waals surface area contributed by atoms with Gasteiger partial charge in [-0.2, -0.15) is 5.10 Å². The standard InChI is InChI=1S/C30H21Br2ClN4O5S/c31-20-3-9-25(38)19(13-20)15-34-36-30-37(16-24-2-1-11-41-24)29(40)27(43-30)14-18-12-21(32)4-10-26(18)42-17-28(39)35-23-7-5-22(33)6-8-23/h1-15,38H,16-17H2,(H,35,39)/b27-14-,34-15+,36-30-. The van der Waals surface area contributed by atoms with Crippen molar-refractivity contribution in [2.45, 2.75) is 6.54 Å². The van der Waals surface area contributed by atoms with Crippen molar-refractivity contribution in [3.63, 3.8) is 0 Å². The Morgan fingerprint density at radius 2 is 1.81 bits per heavy atom. The van der Waals surface area contributed by atoms with Crippen LogP contribution in [-0.2, 0) is 16.1 Å². The van der Waals surface area contributed by atoms with Gasteiger partial charge in [0.25, 0.3) is 11.8 Å². The van der Waals surface area contributed by atoms with E-state index in [9.17, 15) is 14.7 Å². The Bertz CT molecular complexity index is 1740. The van der Waals surface area contributed by atoms with E-state index in [1.165, 1.54) is 23.4 Å². The SMILES string of the molecule is O=C(COc1ccc(Br)cc1/C=C1\S/C(=N\N=C\c2cc(Br)ccc2O)N(Cc2ccco2)C1=O)Nc1ccc(Cl)cc1. The van der Waals surface area contributed by atoms with Gasteiger partial charge in [0, 0.05) is 30.8 Å². The first kappa shape index (κ1) is 30.6. The minimum atomic E-state index is -0.358. The van der Waals surface area contributed by atoms with Gasteiger partial charge in [-0.05, 0) is 90.6 Å². The Kier molecular flexibility index (Phi) is 10.0. The molecule has 0 radical (unpaired) electrons. The number of phenolic OH excluding ortho intramolecular Hbond substituents is 1. The number of hydrogen-bond donors (Lipinski definition) is 2. The summed E-state index contributed by atoms with van der Waals surface area (Å²) < 4.78 is 12.8. The topological polar surface area (TPSA) is 117 Å². The molecule has 0 spiro atoms. The fourth-order valence-electron chi connectivity index (χ4n) is 3.83. The summed E-state index contributed by atoms with van der Waals surface area (Å²) in [6.45, 7) is -0.116. The number of rotatable bonds is 9. The molecule has 1 fully saturated rings. The second-order valence-electron chi connectivity index (χ2n) is 8.94. The molecule has 0 unspecified atom stereocenters. The lowest BCUT2D eigenvalue weighted by Gasteiger charge is -2.13. The largest absolute Gasteiger partial charge is 0.507 e. The number of carbonyl (C=O) groups excluding carboxylic acids is 2. The minimum absolute atomic E-state index is 0.0411. The van der Waals surface area contributed by atoms with Crippen LogP contribution in [0.15, 0.2) is 108 Å². The Balaban J connectivity index is 1.38. The van der Waals surface area contributed by atoms with E-state index in [1.54, 1.807) is 72.8 Å². The van der Waals surface area contributed by atoms with Crippen LogP contribution in [0.1, 0.15) is 16.9 Å². The summed E-state index contributed by atoms with van der Waals surface area (Å²) in [6.07, 6.45) is 4.60. The van der Waals surface area contributed by atoms with E-state index in [4.69, 9.17) is 20.8 Å². The van der Waals surface area contributed by atoms with Crippen molar-refractivity contribution < 1.29 is 23.8 Å². The molecule has 0 bridgehead atoms. The molecule has 1 aliphatic rings. The van der Waals surface area contributed by atoms with Crippen molar-refractivity contribution in [1.82, 2.24) is 4.90 Å². The zero-order chi connectivity index (χ0) is 30.3. The van der Waals surface area contributed by atoms with Crippen molar-refractivity contribution in [2.75, 3.05) is 11.9 Å². The first-order chi connectivity index (χ1) is 20.7. The van der Waals surface area contributed by atoms with Gasteiger partial charge in [-0.25, -0.2) is 0 Å². The predicted octanol–water partition coefficient (Wildman–Crippen LogP) is 7.69. The molecule has 1 aromatic heterocycles. The Labute approximate surface area is 272 Å². The smallest absolute Gasteiger partial charge is 0.267 e. The normalized spacial score (nSPS) is 15.1. The van der Waals surface area contributed by atoms with E-state index < -0.39 is 0 Å². The second-order valence-corrected chi connectivity index (χ2v) is 12.2. The number of carbonyl (C=O) groups is 2. The molecule has 1 aliphatic heterocycles. The van der Waals surface area contributed by atoms with E-state index in [-0.39, 0.29) is 30.7 Å². The van der Waals surface area contributed by atoms with Crippen LogP contribution in [0.5, 0.6) is 11.5 Å². The number of hydrogen-bond acceptors (Lipinski definition) is 8. The molecule has 218 valence electrons. The number of amidine groups is 1. The van der Waals surface area contributed by atoms with Crippen LogP contribution in [0.25, 0.3) is 6.08 Å². The van der Waals surface area contributed by atoms with E-state index in [0.29, 0.717) is 43.4 Å². The third kappa shape index (κ3) is 8.17. The fourth-order valence-corrected chi connectivity index (χ4v) is 5.64. The molecule has 1 saturated heterocycles. The molecule has 0 saturated carbocycles. The van der Waals surface area contributed by atoms with Gasteiger partial charge in [0.2, 0.25) is 0 Å². The summed E-state index contributed by atoms with van der Waals surface area (Å²) in [5.74, 6) is 0.339. The number of thioether (sulfide) groups is 1. The number of phenols is 1. The number of nitrogens with one attached hydrogen (secondary N) is 1. The predicted molar refractivity (Wildman–Crippen MR) is 175 cm³/mol. The zero-order valence-electron chi connectivity index (χ0n) is 22.0. The number of nitrogens with zero attached hydrogens (tertiary/aromatic N) is 3. The highest BCUT2D eigenvalue weighted by atomic mass is 79.9. The fraction of sp³-hybridized carbons (Fsp3) is 0.0667. The van der Waals surface area contributed by atoms with Crippen molar-refractivity contribution in [3.05, 3.63) is 115 Å². The average molecular weight is 745 g/mol. The molecule has 43 heavy (non-hydrogen) atoms. The van der Waals surface area contributed by atoms with E-state index >= 15 is 0 Å². The first-order valence-electron chi connectivity index (χ1n) is 12.6. The van der Waals surface area contributed by atoms with Crippen LogP contribution in [0.2, 0.25) is 5.02 Å². The minimum Gasteiger partial charge on any atom is -0.507 e. The van der Waals surface area contributed by atoms with E-state index in [1.807, 2.05) is 0 Å². The summed E-state index contributed by atoms with van der Waals surface area (Å²) in [4.78, 5) is 27.9. The van der Waals surface area contributed by atoms with Gasteiger partial charge in [-0.3, -0.25) is 14.5 Å². The Morgan fingerprint density at radius 3 is 2.56 bits per heavy atom. The van der Waals surface area contributed by atoms with Gasteiger partial charge in [-0.1, -0.05) is 43.5 Å². The molecule has 2 N–H and O–H groups in total. The zero-order valence-corrected chi connectivity index (χ0v) is 26.8. The third-order valence-electron chi connectivity index (χ3n) is 5.86. The summed E-state index contributed by atoms with van der Waals surface area (Å²) >= 11 is 13.9. The Morgan fingerprint density at radius 1 is 1.07 bits per heavy atom. The van der Waals surface area contributed by atoms with Crippen LogP contribution in [0.4, 0.5) is 5.69 Å². The molecule has 13 heteroatoms. The van der Waals surface area contributed by atoms with Gasteiger partial charge < -0.3 is 19.6 Å². The number of amides is 2. The molecule has 2 heterocycles. The van der Waals surface area contributed by atoms with Crippen LogP contribution in [0.3, 0.4) is 0 Å². The number of aromatic hydroxyl groups is 1. The summed E-state index contributed by atoms with van der Waals surface area (Å²) in [5.41, 5.74) is 1.62. The lowest BCUT2D eigenvalue weighted by Crippen LogP contribution is -2.28. The summed E-state index contributed by atoms with van der Waals surface area (Å²) in [7, 11) is 0. The maximum Gasteiger partial charge on any atom is 0.267 e. The lowest BCUT2D eigenvalue weighted by atomic mass is 10.2. The van der Waals surface area contributed by atoms with Crippen molar-refractivity contribution >= 4 is 90.2 Å². The third-order valence-corrected chi connectivity index (χ3v) is 8.09. The van der Waals surface area contributed by atoms with E-state index in [0.717, 1.165) is 20.7 Å². The molecule has 0 atom stereocenters. The maximum absolute atomic E-state index is 13.6. The van der Waals surface area contributed by atoms with Gasteiger partial charge in [-0.15, -0.1) is 5.10 Å². The molecular weight excluding hydrogens is 724 g/mol. The van der Waals surface area contributed by atoms with Gasteiger partial charge in [0.1, 0.15) is 17.3 Å². The first-order valence-corrected chi connectivity index (χ1v) is 15.3. The van der Waals surface area contributed by atoms with Crippen molar-refractivity contribution in [1.29, 1.82) is 0 Å². The average Bonchev–Trinajstić information content (AvgIpc) is 3.60. The number of ether oxygens (including phenoxy) is 1. The van der Waals surface area contributed by atoms with Crippen molar-refractivity contribution in [3.8, 4) is 11.5 Å². The molecule has 3 aromatic carbocycles. The highest BCUT2D eigenvalue weighted by molar-refractivity contribution is 9.10. The Hall–Kier alpha value is -3.84. The molecule has 2 amide bonds. The van der Waals surface area contributed by atoms with Crippen LogP contribution in [-0.4, -0.2) is 39.8 Å². The molecule has 5 rings (SSSR count). The van der Waals surface area contributed by atoms with Gasteiger partial charge >= 0.3 is 0 Å².